The molecule has 0 unspecified atom stereocenters. The molecular formula is C13H26N4. The molecule has 0 spiro atoms. The highest BCUT2D eigenvalue weighted by Crippen LogP contribution is 2.20. The van der Waals surface area contributed by atoms with E-state index in [1.807, 2.05) is 0 Å². The quantitative estimate of drug-likeness (QED) is 0.792. The fourth-order valence-corrected chi connectivity index (χ4v) is 1.83. The summed E-state index contributed by atoms with van der Waals surface area (Å²) in [7, 11) is 0. The number of nitrogens with two attached hydrogens (primary N) is 1. The van der Waals surface area contributed by atoms with Gasteiger partial charge >= 0.3 is 0 Å². The fourth-order valence-electron chi connectivity index (χ4n) is 1.83. The Bertz CT molecular complexity index is 341. The van der Waals surface area contributed by atoms with Crippen LogP contribution in [0.5, 0.6) is 0 Å². The minimum absolute atomic E-state index is 0.237. The summed E-state index contributed by atoms with van der Waals surface area (Å²) in [6, 6.07) is 0. The number of aryl methyl sites for hydroxylation is 3. The number of hydrogen-bond acceptors (Lipinski definition) is 3. The third-order valence-electron chi connectivity index (χ3n) is 3.20. The summed E-state index contributed by atoms with van der Waals surface area (Å²) in [6.07, 6.45) is 4.11. The lowest BCUT2D eigenvalue weighted by Gasteiger charge is -2.21. The van der Waals surface area contributed by atoms with Gasteiger partial charge in [0.05, 0.1) is 0 Å². The summed E-state index contributed by atoms with van der Waals surface area (Å²) in [5.41, 5.74) is 5.97. The summed E-state index contributed by atoms with van der Waals surface area (Å²) in [6.45, 7) is 10.4. The van der Waals surface area contributed by atoms with Gasteiger partial charge in [0.15, 0.2) is 5.82 Å². The average molecular weight is 238 g/mol. The van der Waals surface area contributed by atoms with E-state index in [9.17, 15) is 0 Å². The lowest BCUT2D eigenvalue weighted by Crippen LogP contribution is -2.24. The summed E-state index contributed by atoms with van der Waals surface area (Å²) >= 11 is 0. The number of aromatic nitrogens is 3. The van der Waals surface area contributed by atoms with E-state index >= 15 is 0 Å². The van der Waals surface area contributed by atoms with Gasteiger partial charge in [0.25, 0.3) is 0 Å². The molecule has 4 nitrogen and oxygen atoms in total. The normalized spacial score (nSPS) is 12.1. The standard InChI is InChI=1S/C13H26N4/c1-5-11-15-12(6-2)17(16-11)9-7-8-13(3,4)10-14/h5-10,14H2,1-4H3. The van der Waals surface area contributed by atoms with Crippen molar-refractivity contribution in [2.75, 3.05) is 6.54 Å². The molecular weight excluding hydrogens is 212 g/mol. The van der Waals surface area contributed by atoms with Crippen LogP contribution in [0.3, 0.4) is 0 Å². The van der Waals surface area contributed by atoms with Crippen molar-refractivity contribution in [3.8, 4) is 0 Å². The monoisotopic (exact) mass is 238 g/mol. The third kappa shape index (κ3) is 4.11. The second-order valence-corrected chi connectivity index (χ2v) is 5.35. The summed E-state index contributed by atoms with van der Waals surface area (Å²) in [5.74, 6) is 2.06. The predicted octanol–water partition coefficient (Wildman–Crippen LogP) is 2.17. The van der Waals surface area contributed by atoms with Gasteiger partial charge in [-0.05, 0) is 24.8 Å². The second-order valence-electron chi connectivity index (χ2n) is 5.35. The summed E-state index contributed by atoms with van der Waals surface area (Å²) in [5, 5.41) is 4.52. The molecule has 1 aromatic rings. The van der Waals surface area contributed by atoms with Crippen LogP contribution < -0.4 is 5.73 Å². The SMILES string of the molecule is CCc1nc(CC)n(CCCC(C)(C)CN)n1. The molecule has 0 aliphatic rings. The van der Waals surface area contributed by atoms with Crippen LogP contribution in [0, 0.1) is 5.41 Å². The van der Waals surface area contributed by atoms with Crippen molar-refractivity contribution in [1.29, 1.82) is 0 Å². The first kappa shape index (κ1) is 14.2. The van der Waals surface area contributed by atoms with E-state index in [1.165, 1.54) is 0 Å². The van der Waals surface area contributed by atoms with Gasteiger partial charge in [0, 0.05) is 19.4 Å². The van der Waals surface area contributed by atoms with Crippen LogP contribution in [-0.4, -0.2) is 21.3 Å². The molecule has 0 radical (unpaired) electrons. The van der Waals surface area contributed by atoms with E-state index in [0.29, 0.717) is 0 Å². The van der Waals surface area contributed by atoms with Crippen molar-refractivity contribution in [1.82, 2.24) is 14.8 Å². The zero-order valence-corrected chi connectivity index (χ0v) is 11.7. The summed E-state index contributed by atoms with van der Waals surface area (Å²) in [4.78, 5) is 4.51. The van der Waals surface area contributed by atoms with Gasteiger partial charge in [0.1, 0.15) is 5.82 Å². The van der Waals surface area contributed by atoms with Crippen molar-refractivity contribution in [3.63, 3.8) is 0 Å². The topological polar surface area (TPSA) is 56.7 Å². The number of hydrogen-bond donors (Lipinski definition) is 1. The lowest BCUT2D eigenvalue weighted by atomic mass is 9.88. The highest BCUT2D eigenvalue weighted by atomic mass is 15.3. The molecule has 0 bridgehead atoms. The zero-order chi connectivity index (χ0) is 12.9. The first-order chi connectivity index (χ1) is 8.02. The highest BCUT2D eigenvalue weighted by molar-refractivity contribution is 4.92. The van der Waals surface area contributed by atoms with Gasteiger partial charge < -0.3 is 5.73 Å². The van der Waals surface area contributed by atoms with Crippen LogP contribution in [0.1, 0.15) is 52.2 Å². The van der Waals surface area contributed by atoms with E-state index in [-0.39, 0.29) is 5.41 Å². The summed E-state index contributed by atoms with van der Waals surface area (Å²) < 4.78 is 2.06. The Morgan fingerprint density at radius 3 is 2.47 bits per heavy atom. The van der Waals surface area contributed by atoms with Crippen LogP contribution in [0.15, 0.2) is 0 Å². The fraction of sp³-hybridized carbons (Fsp3) is 0.846. The minimum Gasteiger partial charge on any atom is -0.330 e. The molecule has 0 atom stereocenters. The van der Waals surface area contributed by atoms with Crippen LogP contribution >= 0.6 is 0 Å². The Morgan fingerprint density at radius 1 is 1.24 bits per heavy atom. The average Bonchev–Trinajstić information content (AvgIpc) is 2.71. The van der Waals surface area contributed by atoms with Crippen LogP contribution in [-0.2, 0) is 19.4 Å². The molecule has 1 aromatic heterocycles. The molecule has 1 rings (SSSR count). The molecule has 0 amide bonds. The molecule has 0 fully saturated rings. The zero-order valence-electron chi connectivity index (χ0n) is 11.7. The van der Waals surface area contributed by atoms with Crippen molar-refractivity contribution in [2.24, 2.45) is 11.1 Å². The third-order valence-corrected chi connectivity index (χ3v) is 3.20. The number of nitrogens with zero attached hydrogens (tertiary/aromatic N) is 3. The van der Waals surface area contributed by atoms with Gasteiger partial charge in [-0.25, -0.2) is 9.67 Å². The number of rotatable bonds is 7. The Hall–Kier alpha value is -0.900. The van der Waals surface area contributed by atoms with Crippen molar-refractivity contribution >= 4 is 0 Å². The Labute approximate surface area is 105 Å². The minimum atomic E-state index is 0.237. The largest absolute Gasteiger partial charge is 0.330 e. The maximum Gasteiger partial charge on any atom is 0.150 e. The van der Waals surface area contributed by atoms with Crippen LogP contribution in [0.4, 0.5) is 0 Å². The maximum atomic E-state index is 5.73. The van der Waals surface area contributed by atoms with Gasteiger partial charge in [0.2, 0.25) is 0 Å². The van der Waals surface area contributed by atoms with E-state index < -0.39 is 0 Å². The molecule has 2 N–H and O–H groups in total. The second kappa shape index (κ2) is 6.15. The molecule has 98 valence electrons. The smallest absolute Gasteiger partial charge is 0.150 e. The molecule has 0 saturated carbocycles. The van der Waals surface area contributed by atoms with Gasteiger partial charge in [-0.3, -0.25) is 0 Å². The van der Waals surface area contributed by atoms with Gasteiger partial charge in [-0.1, -0.05) is 27.7 Å². The first-order valence-electron chi connectivity index (χ1n) is 6.65. The Kier molecular flexibility index (Phi) is 5.12. The van der Waals surface area contributed by atoms with E-state index in [4.69, 9.17) is 5.73 Å². The van der Waals surface area contributed by atoms with E-state index in [2.05, 4.69) is 42.5 Å². The first-order valence-corrected chi connectivity index (χ1v) is 6.65. The van der Waals surface area contributed by atoms with Crippen molar-refractivity contribution in [3.05, 3.63) is 11.6 Å². The molecule has 0 aromatic carbocycles. The molecule has 0 saturated heterocycles. The molecule has 17 heavy (non-hydrogen) atoms. The molecule has 4 heteroatoms. The molecule has 0 aliphatic carbocycles. The Morgan fingerprint density at radius 2 is 1.94 bits per heavy atom. The molecule has 0 aliphatic heterocycles. The maximum absolute atomic E-state index is 5.73. The van der Waals surface area contributed by atoms with Crippen LogP contribution in [0.2, 0.25) is 0 Å². The Balaban J connectivity index is 2.54. The van der Waals surface area contributed by atoms with E-state index in [1.54, 1.807) is 0 Å². The highest BCUT2D eigenvalue weighted by Gasteiger charge is 2.15. The molecule has 1 heterocycles. The van der Waals surface area contributed by atoms with Gasteiger partial charge in [-0.2, -0.15) is 5.10 Å². The lowest BCUT2D eigenvalue weighted by molar-refractivity contribution is 0.322. The van der Waals surface area contributed by atoms with E-state index in [0.717, 1.165) is 50.4 Å². The van der Waals surface area contributed by atoms with Gasteiger partial charge in [-0.15, -0.1) is 0 Å². The van der Waals surface area contributed by atoms with Crippen molar-refractivity contribution < 1.29 is 0 Å². The predicted molar refractivity (Wildman–Crippen MR) is 70.8 cm³/mol. The van der Waals surface area contributed by atoms with Crippen molar-refractivity contribution in [2.45, 2.75) is 59.9 Å². The van der Waals surface area contributed by atoms with Crippen LogP contribution in [0.25, 0.3) is 0 Å².